The maximum absolute atomic E-state index is 4.35. The normalized spacial score (nSPS) is 20.0. The first-order valence-corrected chi connectivity index (χ1v) is 8.95. The van der Waals surface area contributed by atoms with E-state index in [1.165, 1.54) is 49.7 Å². The van der Waals surface area contributed by atoms with Crippen LogP contribution in [0.4, 0.5) is 0 Å². The van der Waals surface area contributed by atoms with Gasteiger partial charge in [-0.3, -0.25) is 4.68 Å². The first-order valence-electron chi connectivity index (χ1n) is 8.95. The first kappa shape index (κ1) is 14.9. The minimum atomic E-state index is 0.117. The van der Waals surface area contributed by atoms with Crippen molar-refractivity contribution in [2.75, 3.05) is 0 Å². The lowest BCUT2D eigenvalue weighted by Gasteiger charge is -2.31. The summed E-state index contributed by atoms with van der Waals surface area (Å²) < 4.78 is 2.02. The van der Waals surface area contributed by atoms with Crippen LogP contribution < -0.4 is 5.32 Å². The summed E-state index contributed by atoms with van der Waals surface area (Å²) in [5.41, 5.74) is 3.95. The van der Waals surface area contributed by atoms with Crippen molar-refractivity contribution in [3.05, 3.63) is 47.3 Å². The molecule has 4 heteroatoms. The van der Waals surface area contributed by atoms with E-state index in [4.69, 9.17) is 0 Å². The van der Waals surface area contributed by atoms with Crippen LogP contribution >= 0.6 is 0 Å². The van der Waals surface area contributed by atoms with Crippen LogP contribution in [-0.4, -0.2) is 15.0 Å². The molecule has 0 radical (unpaired) electrons. The number of nitrogens with zero attached hydrogens (tertiary/aromatic N) is 3. The zero-order chi connectivity index (χ0) is 15.7. The summed E-state index contributed by atoms with van der Waals surface area (Å²) in [6.07, 6.45) is 9.85. The molecule has 1 N–H and O–H groups in total. The first-order chi connectivity index (χ1) is 11.2. The highest BCUT2D eigenvalue weighted by Gasteiger charge is 2.35. The number of hydrogen-bond acceptors (Lipinski definition) is 3. The predicted molar refractivity (Wildman–Crippen MR) is 90.9 cm³/mol. The fourth-order valence-electron chi connectivity index (χ4n) is 3.82. The van der Waals surface area contributed by atoms with E-state index in [1.54, 1.807) is 0 Å². The molecular weight excluding hydrogens is 284 g/mol. The standard InChI is InChI=1S/C19H26N4/c1-15-5-4-6-17(11-15)19(9-2-3-10-19)20-12-18-14-23(22-21-18)13-16-7-8-16/h4-6,11,14,16,20H,2-3,7-10,12-13H2,1H3. The minimum Gasteiger partial charge on any atom is -0.302 e. The van der Waals surface area contributed by atoms with Gasteiger partial charge in [-0.1, -0.05) is 47.9 Å². The Kier molecular flexibility index (Phi) is 3.93. The fourth-order valence-corrected chi connectivity index (χ4v) is 3.82. The quantitative estimate of drug-likeness (QED) is 0.887. The molecule has 0 spiro atoms. The van der Waals surface area contributed by atoms with Crippen LogP contribution in [-0.2, 0) is 18.6 Å². The molecule has 0 unspecified atom stereocenters. The molecule has 0 saturated heterocycles. The number of hydrogen-bond donors (Lipinski definition) is 1. The minimum absolute atomic E-state index is 0.117. The smallest absolute Gasteiger partial charge is 0.0965 e. The summed E-state index contributed by atoms with van der Waals surface area (Å²) in [7, 11) is 0. The molecule has 2 saturated carbocycles. The summed E-state index contributed by atoms with van der Waals surface area (Å²) in [6.45, 7) is 4.02. The predicted octanol–water partition coefficient (Wildman–Crippen LogP) is 3.56. The molecule has 0 aliphatic heterocycles. The molecule has 4 rings (SSSR count). The van der Waals surface area contributed by atoms with Crippen LogP contribution in [0.3, 0.4) is 0 Å². The van der Waals surface area contributed by atoms with Gasteiger partial charge in [0.1, 0.15) is 0 Å². The van der Waals surface area contributed by atoms with Crippen LogP contribution in [0.15, 0.2) is 30.5 Å². The van der Waals surface area contributed by atoms with E-state index in [0.717, 1.165) is 24.7 Å². The van der Waals surface area contributed by atoms with Crippen LogP contribution in [0.1, 0.15) is 55.3 Å². The molecule has 1 heterocycles. The Bertz CT molecular complexity index is 666. The molecule has 23 heavy (non-hydrogen) atoms. The van der Waals surface area contributed by atoms with Crippen molar-refractivity contribution < 1.29 is 0 Å². The molecule has 0 bridgehead atoms. The molecule has 122 valence electrons. The van der Waals surface area contributed by atoms with Gasteiger partial charge >= 0.3 is 0 Å². The average molecular weight is 310 g/mol. The van der Waals surface area contributed by atoms with E-state index in [-0.39, 0.29) is 5.54 Å². The molecule has 4 nitrogen and oxygen atoms in total. The van der Waals surface area contributed by atoms with Crippen LogP contribution in [0.2, 0.25) is 0 Å². The number of rotatable bonds is 6. The monoisotopic (exact) mass is 310 g/mol. The van der Waals surface area contributed by atoms with E-state index in [2.05, 4.69) is 53.0 Å². The second kappa shape index (κ2) is 6.08. The molecule has 2 aromatic rings. The van der Waals surface area contributed by atoms with Crippen LogP contribution in [0, 0.1) is 12.8 Å². The van der Waals surface area contributed by atoms with Crippen molar-refractivity contribution in [3.8, 4) is 0 Å². The summed E-state index contributed by atoms with van der Waals surface area (Å²) in [5.74, 6) is 0.839. The van der Waals surface area contributed by atoms with Gasteiger partial charge in [0.05, 0.1) is 5.69 Å². The molecule has 0 atom stereocenters. The Morgan fingerprint density at radius 1 is 1.26 bits per heavy atom. The lowest BCUT2D eigenvalue weighted by molar-refractivity contribution is 0.336. The van der Waals surface area contributed by atoms with Crippen molar-refractivity contribution in [1.82, 2.24) is 20.3 Å². The Balaban J connectivity index is 1.47. The van der Waals surface area contributed by atoms with E-state index in [1.807, 2.05) is 4.68 Å². The molecule has 2 aliphatic carbocycles. The Labute approximate surface area is 138 Å². The van der Waals surface area contributed by atoms with Crippen molar-refractivity contribution >= 4 is 0 Å². The number of nitrogens with one attached hydrogen (secondary N) is 1. The van der Waals surface area contributed by atoms with Gasteiger partial charge < -0.3 is 5.32 Å². The van der Waals surface area contributed by atoms with Crippen molar-refractivity contribution in [1.29, 1.82) is 0 Å². The number of aromatic nitrogens is 3. The zero-order valence-electron chi connectivity index (χ0n) is 14.0. The van der Waals surface area contributed by atoms with E-state index < -0.39 is 0 Å². The van der Waals surface area contributed by atoms with E-state index >= 15 is 0 Å². The van der Waals surface area contributed by atoms with E-state index in [9.17, 15) is 0 Å². The molecular formula is C19H26N4. The summed E-state index contributed by atoms with van der Waals surface area (Å²) in [5, 5.41) is 12.4. The highest BCUT2D eigenvalue weighted by Crippen LogP contribution is 2.39. The van der Waals surface area contributed by atoms with Gasteiger partial charge in [-0.05, 0) is 44.1 Å². The van der Waals surface area contributed by atoms with E-state index in [0.29, 0.717) is 0 Å². The van der Waals surface area contributed by atoms with Gasteiger partial charge in [-0.2, -0.15) is 0 Å². The summed E-state index contributed by atoms with van der Waals surface area (Å²) >= 11 is 0. The van der Waals surface area contributed by atoms with Crippen molar-refractivity contribution in [2.45, 2.75) is 64.1 Å². The van der Waals surface area contributed by atoms with Crippen LogP contribution in [0.5, 0.6) is 0 Å². The molecule has 2 fully saturated rings. The molecule has 1 aromatic carbocycles. The maximum Gasteiger partial charge on any atom is 0.0965 e. The van der Waals surface area contributed by atoms with Gasteiger partial charge in [-0.15, -0.1) is 5.10 Å². The number of aryl methyl sites for hydroxylation is 1. The Morgan fingerprint density at radius 2 is 2.09 bits per heavy atom. The second-order valence-corrected chi connectivity index (χ2v) is 7.39. The third-order valence-corrected chi connectivity index (χ3v) is 5.36. The Hall–Kier alpha value is -1.68. The van der Waals surface area contributed by atoms with Crippen molar-refractivity contribution in [3.63, 3.8) is 0 Å². The topological polar surface area (TPSA) is 42.7 Å². The highest BCUT2D eigenvalue weighted by atomic mass is 15.4. The molecule has 0 amide bonds. The van der Waals surface area contributed by atoms with Crippen molar-refractivity contribution in [2.24, 2.45) is 5.92 Å². The van der Waals surface area contributed by atoms with Gasteiger partial charge in [0.15, 0.2) is 0 Å². The zero-order valence-corrected chi connectivity index (χ0v) is 14.0. The SMILES string of the molecule is Cc1cccc(C2(NCc3cn(CC4CC4)nn3)CCCC2)c1. The fraction of sp³-hybridized carbons (Fsp3) is 0.579. The molecule has 2 aliphatic rings. The van der Waals surface area contributed by atoms with Crippen LogP contribution in [0.25, 0.3) is 0 Å². The van der Waals surface area contributed by atoms with Gasteiger partial charge in [-0.25, -0.2) is 0 Å². The lowest BCUT2D eigenvalue weighted by atomic mass is 9.87. The highest BCUT2D eigenvalue weighted by molar-refractivity contribution is 5.30. The van der Waals surface area contributed by atoms with Gasteiger partial charge in [0, 0.05) is 24.8 Å². The third-order valence-electron chi connectivity index (χ3n) is 5.36. The average Bonchev–Trinajstić information content (AvgIpc) is 3.06. The lowest BCUT2D eigenvalue weighted by Crippen LogP contribution is -2.39. The Morgan fingerprint density at radius 3 is 2.83 bits per heavy atom. The maximum atomic E-state index is 4.35. The van der Waals surface area contributed by atoms with Gasteiger partial charge in [0.25, 0.3) is 0 Å². The summed E-state index contributed by atoms with van der Waals surface area (Å²) in [6, 6.07) is 8.96. The van der Waals surface area contributed by atoms with Gasteiger partial charge in [0.2, 0.25) is 0 Å². The second-order valence-electron chi connectivity index (χ2n) is 7.39. The largest absolute Gasteiger partial charge is 0.302 e. The third kappa shape index (κ3) is 3.32. The summed E-state index contributed by atoms with van der Waals surface area (Å²) in [4.78, 5) is 0. The number of benzene rings is 1. The molecule has 1 aromatic heterocycles.